The molecule has 2 unspecified atom stereocenters. The van der Waals surface area contributed by atoms with Crippen LogP contribution in [0.1, 0.15) is 19.4 Å². The zero-order valence-electron chi connectivity index (χ0n) is 11.0. The molecular weight excluding hydrogens is 238 g/mol. The van der Waals surface area contributed by atoms with Crippen LogP contribution in [0.15, 0.2) is 12.5 Å². The molecule has 2 aromatic rings. The van der Waals surface area contributed by atoms with Crippen LogP contribution in [-0.2, 0) is 0 Å². The van der Waals surface area contributed by atoms with Crippen LogP contribution in [0.3, 0.4) is 0 Å². The van der Waals surface area contributed by atoms with E-state index in [2.05, 4.69) is 39.8 Å². The second kappa shape index (κ2) is 3.27. The molecule has 5 heteroatoms. The highest BCUT2D eigenvalue weighted by atomic mass is 15.2. The molecule has 19 heavy (non-hydrogen) atoms. The minimum atomic E-state index is 0.485. The second-order valence-electron chi connectivity index (χ2n) is 6.17. The van der Waals surface area contributed by atoms with Gasteiger partial charge in [0.2, 0.25) is 0 Å². The lowest BCUT2D eigenvalue weighted by atomic mass is 10.1. The first-order valence-corrected chi connectivity index (χ1v) is 6.60. The number of nitrogens with zero attached hydrogens (tertiary/aromatic N) is 4. The molecule has 2 aliphatic rings. The summed E-state index contributed by atoms with van der Waals surface area (Å²) in [6.07, 6.45) is 3.29. The van der Waals surface area contributed by atoms with Crippen LogP contribution >= 0.6 is 0 Å². The number of nitriles is 1. The average Bonchev–Trinajstić information content (AvgIpc) is 2.89. The van der Waals surface area contributed by atoms with Gasteiger partial charge in [0.15, 0.2) is 0 Å². The van der Waals surface area contributed by atoms with Crippen molar-refractivity contribution in [1.82, 2.24) is 15.0 Å². The maximum atomic E-state index is 9.19. The van der Waals surface area contributed by atoms with Crippen LogP contribution in [0.5, 0.6) is 0 Å². The van der Waals surface area contributed by atoms with Crippen molar-refractivity contribution in [2.45, 2.75) is 13.8 Å². The van der Waals surface area contributed by atoms with Crippen molar-refractivity contribution in [2.75, 3.05) is 18.0 Å². The molecule has 2 atom stereocenters. The van der Waals surface area contributed by atoms with Gasteiger partial charge in [0.1, 0.15) is 23.9 Å². The minimum Gasteiger partial charge on any atom is -0.355 e. The Morgan fingerprint density at radius 1 is 1.37 bits per heavy atom. The van der Waals surface area contributed by atoms with Crippen molar-refractivity contribution in [2.24, 2.45) is 17.3 Å². The van der Waals surface area contributed by atoms with E-state index in [0.717, 1.165) is 41.8 Å². The van der Waals surface area contributed by atoms with Crippen LogP contribution < -0.4 is 4.90 Å². The first-order valence-electron chi connectivity index (χ1n) is 6.60. The molecule has 96 valence electrons. The number of anilines is 1. The lowest BCUT2D eigenvalue weighted by molar-refractivity contribution is 0.499. The molecule has 4 rings (SSSR count). The average molecular weight is 253 g/mol. The van der Waals surface area contributed by atoms with E-state index < -0.39 is 0 Å². The van der Waals surface area contributed by atoms with E-state index in [4.69, 9.17) is 0 Å². The number of piperidine rings is 1. The molecule has 3 heterocycles. The minimum absolute atomic E-state index is 0.485. The summed E-state index contributed by atoms with van der Waals surface area (Å²) in [4.78, 5) is 14.0. The van der Waals surface area contributed by atoms with Gasteiger partial charge in [-0.2, -0.15) is 5.26 Å². The summed E-state index contributed by atoms with van der Waals surface area (Å²) in [6, 6.07) is 2.21. The molecule has 1 aliphatic heterocycles. The summed E-state index contributed by atoms with van der Waals surface area (Å²) in [6.45, 7) is 6.76. The molecule has 0 spiro atoms. The summed E-state index contributed by atoms with van der Waals surface area (Å²) < 4.78 is 0. The molecule has 0 radical (unpaired) electrons. The Balaban J connectivity index is 1.77. The first kappa shape index (κ1) is 10.8. The summed E-state index contributed by atoms with van der Waals surface area (Å²) in [5.74, 6) is 2.44. The molecule has 5 nitrogen and oxygen atoms in total. The van der Waals surface area contributed by atoms with Gasteiger partial charge in [-0.1, -0.05) is 13.8 Å². The molecule has 1 saturated heterocycles. The Morgan fingerprint density at radius 3 is 2.79 bits per heavy atom. The van der Waals surface area contributed by atoms with E-state index in [1.165, 1.54) is 0 Å². The smallest absolute Gasteiger partial charge is 0.144 e. The van der Waals surface area contributed by atoms with Crippen LogP contribution in [0.2, 0.25) is 0 Å². The predicted octanol–water partition coefficient (Wildman–Crippen LogP) is 1.92. The molecule has 0 bridgehead atoms. The van der Waals surface area contributed by atoms with E-state index in [-0.39, 0.29) is 0 Å². The molecular formula is C14H15N5. The Hall–Kier alpha value is -2.09. The fourth-order valence-electron chi connectivity index (χ4n) is 3.58. The quantitative estimate of drug-likeness (QED) is 0.843. The van der Waals surface area contributed by atoms with Crippen LogP contribution in [0, 0.1) is 28.6 Å². The molecule has 2 aromatic heterocycles. The normalized spacial score (nSPS) is 27.3. The Morgan fingerprint density at radius 2 is 2.11 bits per heavy atom. The van der Waals surface area contributed by atoms with Gasteiger partial charge >= 0.3 is 0 Å². The fourth-order valence-corrected chi connectivity index (χ4v) is 3.58. The highest BCUT2D eigenvalue weighted by Gasteiger charge is 2.62. The molecule has 1 saturated carbocycles. The number of hydrogen-bond acceptors (Lipinski definition) is 4. The largest absolute Gasteiger partial charge is 0.355 e. The third-order valence-corrected chi connectivity index (χ3v) is 4.99. The zero-order chi connectivity index (χ0) is 13.2. The molecule has 0 aromatic carbocycles. The standard InChI is InChI=1S/C14H15N5/c1-14(2)9-5-19(6-10(9)14)13-11-8(3-15)4-16-12(11)17-7-18-13/h4,7,9-10H,5-6H2,1-2H3,(H,16,17,18). The number of hydrogen-bond donors (Lipinski definition) is 1. The predicted molar refractivity (Wildman–Crippen MR) is 71.6 cm³/mol. The molecule has 0 amide bonds. The van der Waals surface area contributed by atoms with Crippen molar-refractivity contribution in [3.8, 4) is 6.07 Å². The van der Waals surface area contributed by atoms with Crippen LogP contribution in [0.25, 0.3) is 11.0 Å². The van der Waals surface area contributed by atoms with Crippen molar-refractivity contribution >= 4 is 16.9 Å². The highest BCUT2D eigenvalue weighted by Crippen LogP contribution is 2.62. The third kappa shape index (κ3) is 1.29. The Kier molecular flexibility index (Phi) is 1.86. The lowest BCUT2D eigenvalue weighted by Crippen LogP contribution is -2.27. The number of rotatable bonds is 1. The monoisotopic (exact) mass is 253 g/mol. The van der Waals surface area contributed by atoms with Crippen LogP contribution in [0.4, 0.5) is 5.82 Å². The highest BCUT2D eigenvalue weighted by molar-refractivity contribution is 5.93. The van der Waals surface area contributed by atoms with Crippen molar-refractivity contribution in [1.29, 1.82) is 5.26 Å². The molecule has 1 aliphatic carbocycles. The SMILES string of the molecule is CC1(C)C2CN(c3ncnc4[nH]cc(C#N)c34)CC21. The maximum Gasteiger partial charge on any atom is 0.144 e. The number of aromatic amines is 1. The number of H-pyrrole nitrogens is 1. The van der Waals surface area contributed by atoms with Crippen molar-refractivity contribution < 1.29 is 0 Å². The lowest BCUT2D eigenvalue weighted by Gasteiger charge is -2.23. The zero-order valence-corrected chi connectivity index (χ0v) is 11.0. The summed E-state index contributed by atoms with van der Waals surface area (Å²) in [5.41, 5.74) is 1.87. The number of nitrogens with one attached hydrogen (secondary N) is 1. The van der Waals surface area contributed by atoms with Gasteiger partial charge in [0, 0.05) is 19.3 Å². The van der Waals surface area contributed by atoms with Gasteiger partial charge < -0.3 is 9.88 Å². The van der Waals surface area contributed by atoms with Crippen molar-refractivity contribution in [3.05, 3.63) is 18.1 Å². The van der Waals surface area contributed by atoms with Gasteiger partial charge in [0.25, 0.3) is 0 Å². The van der Waals surface area contributed by atoms with E-state index in [1.54, 1.807) is 12.5 Å². The molecule has 1 N–H and O–H groups in total. The van der Waals surface area contributed by atoms with Gasteiger partial charge in [0.05, 0.1) is 10.9 Å². The van der Waals surface area contributed by atoms with Crippen LogP contribution in [-0.4, -0.2) is 28.0 Å². The summed E-state index contributed by atoms with van der Waals surface area (Å²) >= 11 is 0. The van der Waals surface area contributed by atoms with E-state index in [0.29, 0.717) is 11.0 Å². The first-order chi connectivity index (χ1) is 9.13. The molecule has 2 fully saturated rings. The Bertz CT molecular complexity index is 694. The van der Waals surface area contributed by atoms with Gasteiger partial charge in [-0.15, -0.1) is 0 Å². The fraction of sp³-hybridized carbons (Fsp3) is 0.500. The number of fused-ring (bicyclic) bond motifs is 2. The van der Waals surface area contributed by atoms with E-state index in [1.807, 2.05) is 0 Å². The van der Waals surface area contributed by atoms with Crippen molar-refractivity contribution in [3.63, 3.8) is 0 Å². The third-order valence-electron chi connectivity index (χ3n) is 4.99. The summed E-state index contributed by atoms with van der Waals surface area (Å²) in [5, 5.41) is 10.1. The number of aromatic nitrogens is 3. The van der Waals surface area contributed by atoms with Gasteiger partial charge in [-0.3, -0.25) is 0 Å². The summed E-state index contributed by atoms with van der Waals surface area (Å²) in [7, 11) is 0. The Labute approximate surface area is 111 Å². The topological polar surface area (TPSA) is 68.6 Å². The van der Waals surface area contributed by atoms with E-state index in [9.17, 15) is 5.26 Å². The van der Waals surface area contributed by atoms with Gasteiger partial charge in [-0.25, -0.2) is 9.97 Å². The van der Waals surface area contributed by atoms with Gasteiger partial charge in [-0.05, 0) is 17.3 Å². The van der Waals surface area contributed by atoms with E-state index >= 15 is 0 Å². The second-order valence-corrected chi connectivity index (χ2v) is 6.17. The maximum absolute atomic E-state index is 9.19.